The molecule has 0 spiro atoms. The maximum atomic E-state index is 12.5. The van der Waals surface area contributed by atoms with E-state index in [1.54, 1.807) is 0 Å². The highest BCUT2D eigenvalue weighted by atomic mass is 19.4. The van der Waals surface area contributed by atoms with E-state index in [9.17, 15) is 18.0 Å². The molecule has 0 bridgehead atoms. The number of esters is 1. The van der Waals surface area contributed by atoms with Crippen LogP contribution < -0.4 is 0 Å². The first-order chi connectivity index (χ1) is 12.1. The molecule has 6 atom stereocenters. The Labute approximate surface area is 153 Å². The summed E-state index contributed by atoms with van der Waals surface area (Å²) in [6.07, 6.45) is 6.22. The summed E-state index contributed by atoms with van der Waals surface area (Å²) < 4.78 is 42.3. The van der Waals surface area contributed by atoms with Gasteiger partial charge < -0.3 is 4.74 Å². The molecule has 0 saturated heterocycles. The third-order valence-electron chi connectivity index (χ3n) is 8.35. The third-order valence-corrected chi connectivity index (χ3v) is 8.35. The Kier molecular flexibility index (Phi) is 4.24. The van der Waals surface area contributed by atoms with Crippen molar-refractivity contribution in [3.05, 3.63) is 11.6 Å². The van der Waals surface area contributed by atoms with E-state index in [4.69, 9.17) is 4.74 Å². The first-order valence-corrected chi connectivity index (χ1v) is 10.1. The van der Waals surface area contributed by atoms with Crippen molar-refractivity contribution >= 4 is 5.97 Å². The Hall–Kier alpha value is -1.00. The molecule has 0 radical (unpaired) electrons. The van der Waals surface area contributed by atoms with Crippen molar-refractivity contribution in [3.8, 4) is 0 Å². The van der Waals surface area contributed by atoms with Gasteiger partial charge in [0.15, 0.2) is 0 Å². The van der Waals surface area contributed by atoms with Crippen molar-refractivity contribution in [3.63, 3.8) is 0 Å². The fourth-order valence-corrected chi connectivity index (χ4v) is 6.94. The minimum atomic E-state index is -4.90. The number of hydrogen-bond donors (Lipinski definition) is 0. The Morgan fingerprint density at radius 3 is 2.62 bits per heavy atom. The molecule has 4 rings (SSSR count). The molecule has 26 heavy (non-hydrogen) atoms. The lowest BCUT2D eigenvalue weighted by molar-refractivity contribution is -0.206. The number of rotatable bonds is 1. The Balaban J connectivity index is 1.51. The zero-order valence-corrected chi connectivity index (χ0v) is 15.7. The number of fused-ring (bicyclic) bond motifs is 5. The van der Waals surface area contributed by atoms with Crippen molar-refractivity contribution in [2.75, 3.05) is 0 Å². The van der Waals surface area contributed by atoms with Gasteiger partial charge in [0, 0.05) is 6.42 Å². The fourth-order valence-electron chi connectivity index (χ4n) is 6.94. The van der Waals surface area contributed by atoms with Gasteiger partial charge in [0.05, 0.1) is 0 Å². The van der Waals surface area contributed by atoms with Crippen molar-refractivity contribution in [2.24, 2.45) is 28.6 Å². The lowest BCUT2D eigenvalue weighted by Gasteiger charge is -2.57. The van der Waals surface area contributed by atoms with Gasteiger partial charge in [0.25, 0.3) is 0 Å². The van der Waals surface area contributed by atoms with Crippen LogP contribution in [0.15, 0.2) is 11.6 Å². The van der Waals surface area contributed by atoms with Crippen LogP contribution in [0.25, 0.3) is 0 Å². The van der Waals surface area contributed by atoms with Gasteiger partial charge in [0.2, 0.25) is 0 Å². The number of halogens is 3. The summed E-state index contributed by atoms with van der Waals surface area (Å²) in [5.74, 6) is 0.119. The molecule has 0 aromatic carbocycles. The molecule has 146 valence electrons. The highest BCUT2D eigenvalue weighted by Gasteiger charge is 2.56. The van der Waals surface area contributed by atoms with Crippen LogP contribution >= 0.6 is 0 Å². The van der Waals surface area contributed by atoms with E-state index >= 15 is 0 Å². The van der Waals surface area contributed by atoms with Crippen LogP contribution in [0.3, 0.4) is 0 Å². The standard InChI is InChI=1S/C21H29F3O2/c1-19-9-3-4-16(19)15-6-5-13-12-14(26-18(25)21(22,23)24)7-11-20(13,2)17(15)8-10-19/h5,14-17H,3-4,6-12H2,1-2H3/t14?,15-,16-,17-,19-,20-/m0/s1. The number of ether oxygens (including phenoxy) is 1. The number of allylic oxidation sites excluding steroid dienone is 1. The van der Waals surface area contributed by atoms with E-state index in [0.29, 0.717) is 24.2 Å². The molecule has 0 aliphatic heterocycles. The maximum Gasteiger partial charge on any atom is 0.490 e. The number of alkyl halides is 3. The van der Waals surface area contributed by atoms with Crippen molar-refractivity contribution in [2.45, 2.75) is 83.9 Å². The van der Waals surface area contributed by atoms with Crippen LogP contribution in [0, 0.1) is 28.6 Å². The van der Waals surface area contributed by atoms with E-state index < -0.39 is 18.2 Å². The number of carbonyl (C=O) groups excluding carboxylic acids is 1. The summed E-state index contributed by atoms with van der Waals surface area (Å²) in [6, 6.07) is 0. The molecule has 0 aromatic rings. The Bertz CT molecular complexity index is 625. The molecule has 1 unspecified atom stereocenters. The van der Waals surface area contributed by atoms with E-state index in [1.165, 1.54) is 37.7 Å². The van der Waals surface area contributed by atoms with E-state index in [0.717, 1.165) is 24.7 Å². The molecule has 4 aliphatic rings. The smallest absolute Gasteiger partial charge is 0.455 e. The van der Waals surface area contributed by atoms with Crippen LogP contribution in [0.1, 0.15) is 71.6 Å². The predicted molar refractivity (Wildman–Crippen MR) is 92.3 cm³/mol. The normalized spacial score (nSPS) is 45.2. The van der Waals surface area contributed by atoms with Crippen LogP contribution in [-0.4, -0.2) is 18.2 Å². The predicted octanol–water partition coefficient (Wildman–Crippen LogP) is 5.81. The largest absolute Gasteiger partial charge is 0.490 e. The summed E-state index contributed by atoms with van der Waals surface area (Å²) in [5, 5.41) is 0. The summed E-state index contributed by atoms with van der Waals surface area (Å²) in [5.41, 5.74) is 1.82. The number of hydrogen-bond acceptors (Lipinski definition) is 2. The summed E-state index contributed by atoms with van der Waals surface area (Å²) in [4.78, 5) is 11.2. The summed E-state index contributed by atoms with van der Waals surface area (Å²) in [7, 11) is 0. The zero-order chi connectivity index (χ0) is 18.7. The minimum Gasteiger partial charge on any atom is -0.455 e. The third kappa shape index (κ3) is 2.80. The zero-order valence-electron chi connectivity index (χ0n) is 15.7. The van der Waals surface area contributed by atoms with Gasteiger partial charge in [0.1, 0.15) is 6.10 Å². The molecule has 0 heterocycles. The molecule has 0 amide bonds. The van der Waals surface area contributed by atoms with Gasteiger partial charge in [-0.15, -0.1) is 0 Å². The Morgan fingerprint density at radius 1 is 1.12 bits per heavy atom. The van der Waals surface area contributed by atoms with Gasteiger partial charge in [-0.3, -0.25) is 0 Å². The highest BCUT2D eigenvalue weighted by molar-refractivity contribution is 5.75. The number of carbonyl (C=O) groups is 1. The average Bonchev–Trinajstić information content (AvgIpc) is 2.96. The second kappa shape index (κ2) is 6.00. The van der Waals surface area contributed by atoms with E-state index in [-0.39, 0.29) is 5.41 Å². The topological polar surface area (TPSA) is 26.3 Å². The van der Waals surface area contributed by atoms with E-state index in [2.05, 4.69) is 19.9 Å². The van der Waals surface area contributed by atoms with Gasteiger partial charge in [-0.2, -0.15) is 13.2 Å². The first-order valence-electron chi connectivity index (χ1n) is 10.1. The lowest BCUT2D eigenvalue weighted by Crippen LogP contribution is -2.49. The monoisotopic (exact) mass is 370 g/mol. The molecule has 0 N–H and O–H groups in total. The van der Waals surface area contributed by atoms with Crippen molar-refractivity contribution in [1.29, 1.82) is 0 Å². The maximum absolute atomic E-state index is 12.5. The molecule has 2 nitrogen and oxygen atoms in total. The van der Waals surface area contributed by atoms with Crippen LogP contribution in [0.4, 0.5) is 13.2 Å². The molecule has 3 saturated carbocycles. The van der Waals surface area contributed by atoms with Gasteiger partial charge in [-0.25, -0.2) is 4.79 Å². The van der Waals surface area contributed by atoms with Crippen LogP contribution in [-0.2, 0) is 9.53 Å². The first kappa shape index (κ1) is 18.4. The molecule has 4 aliphatic carbocycles. The summed E-state index contributed by atoms with van der Waals surface area (Å²) >= 11 is 0. The lowest BCUT2D eigenvalue weighted by atomic mass is 9.48. The fraction of sp³-hybridized carbons (Fsp3) is 0.857. The molecular formula is C21H29F3O2. The van der Waals surface area contributed by atoms with Gasteiger partial charge >= 0.3 is 12.1 Å². The van der Waals surface area contributed by atoms with Crippen LogP contribution in [0.5, 0.6) is 0 Å². The van der Waals surface area contributed by atoms with Gasteiger partial charge in [-0.1, -0.05) is 31.9 Å². The summed E-state index contributed by atoms with van der Waals surface area (Å²) in [6.45, 7) is 4.78. The second-order valence-electron chi connectivity index (χ2n) is 9.61. The molecule has 3 fully saturated rings. The minimum absolute atomic E-state index is 0.0774. The SMILES string of the molecule is C[C@@]12CCC[C@H]1[C@@H]1CC=C3CC(OC(=O)C(F)(F)F)CC[C@]3(C)[C@H]1CC2. The average molecular weight is 370 g/mol. The molecule has 5 heteroatoms. The second-order valence-corrected chi connectivity index (χ2v) is 9.61. The molecule has 0 aromatic heterocycles. The van der Waals surface area contributed by atoms with Crippen molar-refractivity contribution in [1.82, 2.24) is 0 Å². The van der Waals surface area contributed by atoms with Crippen LogP contribution in [0.2, 0.25) is 0 Å². The van der Waals surface area contributed by atoms with Gasteiger partial charge in [-0.05, 0) is 73.5 Å². The van der Waals surface area contributed by atoms with Crippen molar-refractivity contribution < 1.29 is 22.7 Å². The van der Waals surface area contributed by atoms with E-state index in [1.807, 2.05) is 0 Å². The molecular weight excluding hydrogens is 341 g/mol. The Morgan fingerprint density at radius 2 is 1.88 bits per heavy atom. The quantitative estimate of drug-likeness (QED) is 0.430. The highest BCUT2D eigenvalue weighted by Crippen LogP contribution is 2.64.